The number of benzene rings is 2. The number of morpholine rings is 1. The summed E-state index contributed by atoms with van der Waals surface area (Å²) in [6, 6.07) is 19.7. The summed E-state index contributed by atoms with van der Waals surface area (Å²) in [5, 5.41) is 10.8. The van der Waals surface area contributed by atoms with Crippen molar-refractivity contribution in [2.24, 2.45) is 0 Å². The Balaban J connectivity index is 1.19. The minimum Gasteiger partial charge on any atom is -0.379 e. The van der Waals surface area contributed by atoms with Crippen LogP contribution in [0, 0.1) is 6.92 Å². The molecule has 0 bridgehead atoms. The van der Waals surface area contributed by atoms with Crippen molar-refractivity contribution in [3.63, 3.8) is 0 Å². The van der Waals surface area contributed by atoms with Gasteiger partial charge in [0, 0.05) is 42.6 Å². The Kier molecular flexibility index (Phi) is 7.02. The molecule has 0 aliphatic carbocycles. The number of hydrogen-bond acceptors (Lipinski definition) is 6. The van der Waals surface area contributed by atoms with E-state index < -0.39 is 0 Å². The molecule has 3 heterocycles. The van der Waals surface area contributed by atoms with E-state index in [1.54, 1.807) is 4.52 Å². The van der Waals surface area contributed by atoms with E-state index in [0.29, 0.717) is 18.1 Å². The van der Waals surface area contributed by atoms with E-state index in [1.165, 1.54) is 5.56 Å². The Bertz CT molecular complexity index is 1290. The van der Waals surface area contributed by atoms with Crippen LogP contribution in [0.2, 0.25) is 0 Å². The van der Waals surface area contributed by atoms with E-state index in [-0.39, 0.29) is 5.91 Å². The van der Waals surface area contributed by atoms with Crippen LogP contribution in [0.15, 0.2) is 66.9 Å². The number of aromatic nitrogens is 3. The minimum atomic E-state index is -0.0628. The van der Waals surface area contributed by atoms with Gasteiger partial charge in [0.25, 0.3) is 5.91 Å². The Hall–Kier alpha value is -3.75. The summed E-state index contributed by atoms with van der Waals surface area (Å²) >= 11 is 0. The first-order valence-electron chi connectivity index (χ1n) is 12.0. The lowest BCUT2D eigenvalue weighted by Gasteiger charge is -2.26. The molecule has 35 heavy (non-hydrogen) atoms. The fourth-order valence-electron chi connectivity index (χ4n) is 4.26. The largest absolute Gasteiger partial charge is 0.379 e. The lowest BCUT2D eigenvalue weighted by Crippen LogP contribution is -2.38. The van der Waals surface area contributed by atoms with E-state index in [2.05, 4.69) is 51.8 Å². The van der Waals surface area contributed by atoms with Crippen LogP contribution in [-0.2, 0) is 4.74 Å². The number of anilines is 2. The molecule has 2 aromatic carbocycles. The summed E-state index contributed by atoms with van der Waals surface area (Å²) in [4.78, 5) is 19.6. The van der Waals surface area contributed by atoms with E-state index in [0.717, 1.165) is 61.7 Å². The molecule has 180 valence electrons. The van der Waals surface area contributed by atoms with Gasteiger partial charge in [0.1, 0.15) is 0 Å². The smallest absolute Gasteiger partial charge is 0.251 e. The standard InChI is InChI=1S/C27H30N6O2/c1-20-5-2-6-22(19-20)24-7-3-14-33-25(24)30-27(31-33)29-23-10-8-21(9-11-23)26(34)28-12-4-13-32-15-17-35-18-16-32/h2-3,5-11,14,19H,4,12-13,15-18H2,1H3,(H,28,34)(H,29,31). The summed E-state index contributed by atoms with van der Waals surface area (Å²) in [6.45, 7) is 7.24. The van der Waals surface area contributed by atoms with Crippen molar-refractivity contribution in [2.75, 3.05) is 44.7 Å². The number of nitrogens with zero attached hydrogens (tertiary/aromatic N) is 4. The van der Waals surface area contributed by atoms with Crippen LogP contribution in [0.4, 0.5) is 11.6 Å². The molecule has 1 saturated heterocycles. The van der Waals surface area contributed by atoms with E-state index in [4.69, 9.17) is 9.72 Å². The van der Waals surface area contributed by atoms with Gasteiger partial charge in [0.15, 0.2) is 5.65 Å². The molecule has 0 atom stereocenters. The van der Waals surface area contributed by atoms with Gasteiger partial charge in [-0.05, 0) is 61.9 Å². The molecule has 0 radical (unpaired) electrons. The average molecular weight is 471 g/mol. The average Bonchev–Trinajstić information content (AvgIpc) is 3.30. The highest BCUT2D eigenvalue weighted by molar-refractivity contribution is 5.94. The second kappa shape index (κ2) is 10.7. The van der Waals surface area contributed by atoms with Crippen LogP contribution in [0.3, 0.4) is 0 Å². The molecule has 0 unspecified atom stereocenters. The zero-order valence-corrected chi connectivity index (χ0v) is 19.9. The van der Waals surface area contributed by atoms with Crippen molar-refractivity contribution in [1.29, 1.82) is 0 Å². The molecule has 1 amide bonds. The Labute approximate surface area is 204 Å². The number of nitrogens with one attached hydrogen (secondary N) is 2. The second-order valence-electron chi connectivity index (χ2n) is 8.76. The maximum Gasteiger partial charge on any atom is 0.251 e. The zero-order chi connectivity index (χ0) is 24.0. The van der Waals surface area contributed by atoms with E-state index >= 15 is 0 Å². The molecule has 2 aromatic heterocycles. The molecule has 1 aliphatic rings. The van der Waals surface area contributed by atoms with Crippen molar-refractivity contribution in [3.05, 3.63) is 78.0 Å². The molecule has 4 aromatic rings. The molecule has 2 N–H and O–H groups in total. The molecule has 1 aliphatic heterocycles. The zero-order valence-electron chi connectivity index (χ0n) is 19.9. The van der Waals surface area contributed by atoms with Crippen molar-refractivity contribution < 1.29 is 9.53 Å². The van der Waals surface area contributed by atoms with Gasteiger partial charge >= 0.3 is 0 Å². The molecule has 0 saturated carbocycles. The summed E-state index contributed by atoms with van der Waals surface area (Å²) in [6.07, 6.45) is 2.81. The van der Waals surface area contributed by atoms with Crippen molar-refractivity contribution in [3.8, 4) is 11.1 Å². The Morgan fingerprint density at radius 3 is 2.69 bits per heavy atom. The van der Waals surface area contributed by atoms with E-state index in [9.17, 15) is 4.79 Å². The third kappa shape index (κ3) is 5.67. The quantitative estimate of drug-likeness (QED) is 0.380. The predicted molar refractivity (Wildman–Crippen MR) is 137 cm³/mol. The number of fused-ring (bicyclic) bond motifs is 1. The monoisotopic (exact) mass is 470 g/mol. The maximum atomic E-state index is 12.5. The molecule has 1 fully saturated rings. The molecular weight excluding hydrogens is 440 g/mol. The fraction of sp³-hybridized carbons (Fsp3) is 0.296. The lowest BCUT2D eigenvalue weighted by atomic mass is 10.1. The minimum absolute atomic E-state index is 0.0628. The Morgan fingerprint density at radius 2 is 1.89 bits per heavy atom. The van der Waals surface area contributed by atoms with E-state index in [1.807, 2.05) is 42.6 Å². The van der Waals surface area contributed by atoms with Gasteiger partial charge in [-0.15, -0.1) is 5.10 Å². The highest BCUT2D eigenvalue weighted by Gasteiger charge is 2.12. The first kappa shape index (κ1) is 23.0. The number of ether oxygens (including phenoxy) is 1. The number of carbonyl (C=O) groups is 1. The topological polar surface area (TPSA) is 83.8 Å². The number of rotatable bonds is 8. The van der Waals surface area contributed by atoms with Gasteiger partial charge in [0.2, 0.25) is 5.95 Å². The van der Waals surface area contributed by atoms with Gasteiger partial charge in [-0.3, -0.25) is 9.69 Å². The summed E-state index contributed by atoms with van der Waals surface area (Å²) < 4.78 is 7.14. The molecule has 8 heteroatoms. The SMILES string of the molecule is Cc1cccc(-c2cccn3nc(Nc4ccc(C(=O)NCCCN5CCOCC5)cc4)nc23)c1. The third-order valence-electron chi connectivity index (χ3n) is 6.14. The normalized spacial score (nSPS) is 14.2. The number of pyridine rings is 1. The highest BCUT2D eigenvalue weighted by atomic mass is 16.5. The van der Waals surface area contributed by atoms with Crippen molar-refractivity contribution in [2.45, 2.75) is 13.3 Å². The summed E-state index contributed by atoms with van der Waals surface area (Å²) in [5.74, 6) is 0.442. The van der Waals surface area contributed by atoms with Crippen LogP contribution >= 0.6 is 0 Å². The van der Waals surface area contributed by atoms with Crippen LogP contribution in [0.5, 0.6) is 0 Å². The molecular formula is C27H30N6O2. The lowest BCUT2D eigenvalue weighted by molar-refractivity contribution is 0.0374. The maximum absolute atomic E-state index is 12.5. The first-order valence-corrected chi connectivity index (χ1v) is 12.0. The fourth-order valence-corrected chi connectivity index (χ4v) is 4.26. The predicted octanol–water partition coefficient (Wildman–Crippen LogP) is 3.90. The number of aryl methyl sites for hydroxylation is 1. The molecule has 0 spiro atoms. The Morgan fingerprint density at radius 1 is 1.06 bits per heavy atom. The second-order valence-corrected chi connectivity index (χ2v) is 8.76. The highest BCUT2D eigenvalue weighted by Crippen LogP contribution is 2.25. The van der Waals surface area contributed by atoms with Crippen molar-refractivity contribution in [1.82, 2.24) is 24.8 Å². The third-order valence-corrected chi connectivity index (χ3v) is 6.14. The van der Waals surface area contributed by atoms with Crippen LogP contribution in [-0.4, -0.2) is 64.8 Å². The molecule has 5 rings (SSSR count). The molecule has 8 nitrogen and oxygen atoms in total. The number of carbonyl (C=O) groups excluding carboxylic acids is 1. The number of amides is 1. The van der Waals surface area contributed by atoms with Gasteiger partial charge in [-0.1, -0.05) is 29.8 Å². The van der Waals surface area contributed by atoms with Gasteiger partial charge in [0.05, 0.1) is 13.2 Å². The summed E-state index contributed by atoms with van der Waals surface area (Å²) in [7, 11) is 0. The van der Waals surface area contributed by atoms with Gasteiger partial charge < -0.3 is 15.4 Å². The van der Waals surface area contributed by atoms with Crippen LogP contribution < -0.4 is 10.6 Å². The first-order chi connectivity index (χ1) is 17.2. The van der Waals surface area contributed by atoms with Crippen molar-refractivity contribution >= 4 is 23.2 Å². The van der Waals surface area contributed by atoms with Crippen LogP contribution in [0.1, 0.15) is 22.3 Å². The van der Waals surface area contributed by atoms with Gasteiger partial charge in [-0.2, -0.15) is 4.98 Å². The summed E-state index contributed by atoms with van der Waals surface area (Å²) in [5.41, 5.74) is 5.57. The van der Waals surface area contributed by atoms with Crippen LogP contribution in [0.25, 0.3) is 16.8 Å². The van der Waals surface area contributed by atoms with Gasteiger partial charge in [-0.25, -0.2) is 4.52 Å². The number of hydrogen-bond donors (Lipinski definition) is 2.